The van der Waals surface area contributed by atoms with Crippen molar-refractivity contribution in [1.82, 2.24) is 0 Å². The van der Waals surface area contributed by atoms with Crippen molar-refractivity contribution in [3.8, 4) is 0 Å². The van der Waals surface area contributed by atoms with Crippen LogP contribution in [0.4, 0.5) is 0 Å². The van der Waals surface area contributed by atoms with Gasteiger partial charge in [-0.05, 0) is 0 Å². The number of rotatable bonds is 2. The third kappa shape index (κ3) is 9.94. The molecule has 0 aliphatic carbocycles. The monoisotopic (exact) mass is 170 g/mol. The normalized spacial score (nSPS) is 7.36. The molecule has 60 valence electrons. The molecule has 0 aromatic rings. The molecule has 0 atom stereocenters. The van der Waals surface area contributed by atoms with Crippen LogP contribution in [0.2, 0.25) is 4.17 Å². The van der Waals surface area contributed by atoms with Crippen LogP contribution in [0.3, 0.4) is 0 Å². The summed E-state index contributed by atoms with van der Waals surface area (Å²) in [7, 11) is 2.43. The van der Waals surface area contributed by atoms with Crippen molar-refractivity contribution in [2.24, 2.45) is 0 Å². The van der Waals surface area contributed by atoms with E-state index in [1.54, 1.807) is 0 Å². The number of esters is 2. The van der Waals surface area contributed by atoms with Crippen LogP contribution in [0.5, 0.6) is 0 Å². The van der Waals surface area contributed by atoms with E-state index in [9.17, 15) is 9.59 Å². The predicted molar refractivity (Wildman–Crippen MR) is 40.3 cm³/mol. The Hall–Kier alpha value is -0.0600. The van der Waals surface area contributed by atoms with E-state index in [1.165, 1.54) is 42.2 Å². The maximum absolute atomic E-state index is 10.3. The van der Waals surface area contributed by atoms with Crippen LogP contribution in [0.25, 0.3) is 0 Å². The van der Waals surface area contributed by atoms with Gasteiger partial charge in [0.05, 0.1) is 14.2 Å². The van der Waals surface area contributed by atoms with Crippen LogP contribution >= 0.6 is 0 Å². The molecule has 0 spiro atoms. The van der Waals surface area contributed by atoms with Crippen molar-refractivity contribution in [3.63, 3.8) is 0 Å². The van der Waals surface area contributed by atoms with Crippen molar-refractivity contribution >= 4 is 39.9 Å². The number of carbonyl (C=O) groups excluding carboxylic acids is 2. The van der Waals surface area contributed by atoms with Gasteiger partial charge in [0, 0.05) is 0 Å². The third-order valence-corrected chi connectivity index (χ3v) is 0.744. The summed E-state index contributed by atoms with van der Waals surface area (Å²) in [4.78, 5) is 20.5. The topological polar surface area (TPSA) is 52.6 Å². The molecule has 0 saturated carbocycles. The number of carbonyl (C=O) groups is 2. The first-order valence-corrected chi connectivity index (χ1v) is 5.34. The summed E-state index contributed by atoms with van der Waals surface area (Å²) >= 11 is 1.31. The Labute approximate surface area is 83.7 Å². The Kier molecular flexibility index (Phi) is 12.2. The number of hydrogen-bond donors (Lipinski definition) is 0. The summed E-state index contributed by atoms with van der Waals surface area (Å²) in [6.07, 6.45) is -0.312. The summed E-state index contributed by atoms with van der Waals surface area (Å²) in [6.45, 7) is 0. The Morgan fingerprint density at radius 2 is 1.36 bits per heavy atom. The summed E-state index contributed by atoms with van der Waals surface area (Å²) in [5.74, 6) is -1.16. The molecule has 0 saturated heterocycles. The summed E-state index contributed by atoms with van der Waals surface area (Å²) in [5.41, 5.74) is 0. The molecule has 5 heteroatoms. The van der Waals surface area contributed by atoms with E-state index >= 15 is 0 Å². The van der Waals surface area contributed by atoms with Crippen LogP contribution in [0.15, 0.2) is 0 Å². The van der Waals surface area contributed by atoms with Gasteiger partial charge in [0.2, 0.25) is 0 Å². The Morgan fingerprint density at radius 3 is 1.55 bits per heavy atom. The van der Waals surface area contributed by atoms with Crippen LogP contribution in [-0.4, -0.2) is 54.1 Å². The van der Waals surface area contributed by atoms with Crippen LogP contribution < -0.4 is 0 Å². The van der Waals surface area contributed by atoms with E-state index in [-0.39, 0.29) is 6.42 Å². The van der Waals surface area contributed by atoms with E-state index in [4.69, 9.17) is 0 Å². The van der Waals surface area contributed by atoms with Gasteiger partial charge in [-0.25, -0.2) is 0 Å². The molecule has 0 rings (SSSR count). The molecule has 0 aromatic carbocycles. The first-order chi connectivity index (χ1) is 5.20. The molecular formula is C6H11NaO4. The zero-order chi connectivity index (χ0) is 9.28. The Bertz CT molecular complexity index is 110. The van der Waals surface area contributed by atoms with Gasteiger partial charge in [0.25, 0.3) is 0 Å². The van der Waals surface area contributed by atoms with Crippen molar-refractivity contribution in [3.05, 3.63) is 0 Å². The fourth-order valence-corrected chi connectivity index (χ4v) is 0.262. The molecule has 0 N–H and O–H groups in total. The van der Waals surface area contributed by atoms with Crippen LogP contribution in [0.1, 0.15) is 6.42 Å². The van der Waals surface area contributed by atoms with Gasteiger partial charge in [-0.15, -0.1) is 0 Å². The third-order valence-electron chi connectivity index (χ3n) is 0.744. The quantitative estimate of drug-likeness (QED) is 0.330. The standard InChI is InChI=1S/C5H8O4.CH3.Na/c1-8-4(6)3-5(7)9-2;;/h3H2,1-2H3;1H3;. The number of ether oxygens (including phenoxy) is 2. The Morgan fingerprint density at radius 1 is 1.09 bits per heavy atom. The van der Waals surface area contributed by atoms with Gasteiger partial charge in [0.1, 0.15) is 6.42 Å². The fraction of sp³-hybridized carbons (Fsp3) is 0.667. The molecule has 0 aliphatic rings. The second-order valence-electron chi connectivity index (χ2n) is 1.33. The van der Waals surface area contributed by atoms with E-state index in [0.29, 0.717) is 0 Å². The molecule has 0 unspecified atom stereocenters. The van der Waals surface area contributed by atoms with Crippen molar-refractivity contribution in [2.75, 3.05) is 14.2 Å². The van der Waals surface area contributed by atoms with Crippen molar-refractivity contribution < 1.29 is 19.1 Å². The van der Waals surface area contributed by atoms with Gasteiger partial charge in [0.15, 0.2) is 0 Å². The SMILES string of the molecule is COC(=O)CC(=O)OC.[CH3][Na]. The van der Waals surface area contributed by atoms with Gasteiger partial charge >= 0.3 is 44.0 Å². The van der Waals surface area contributed by atoms with Gasteiger partial charge in [-0.2, -0.15) is 0 Å². The molecule has 0 bridgehead atoms. The molecule has 0 radical (unpaired) electrons. The minimum atomic E-state index is -0.582. The van der Waals surface area contributed by atoms with E-state index < -0.39 is 11.9 Å². The zero-order valence-electron chi connectivity index (χ0n) is 7.34. The maximum atomic E-state index is 10.3. The van der Waals surface area contributed by atoms with Crippen molar-refractivity contribution in [1.29, 1.82) is 0 Å². The average molecular weight is 170 g/mol. The van der Waals surface area contributed by atoms with Crippen LogP contribution in [-0.2, 0) is 19.1 Å². The van der Waals surface area contributed by atoms with Gasteiger partial charge < -0.3 is 9.47 Å². The fourth-order valence-electron chi connectivity index (χ4n) is 0.262. The molecule has 4 nitrogen and oxygen atoms in total. The molecule has 0 aromatic heterocycles. The summed E-state index contributed by atoms with van der Waals surface area (Å²) in [6, 6.07) is 0. The van der Waals surface area contributed by atoms with Gasteiger partial charge in [-0.1, -0.05) is 0 Å². The second-order valence-corrected chi connectivity index (χ2v) is 1.33. The number of hydrogen-bond acceptors (Lipinski definition) is 4. The molecule has 11 heavy (non-hydrogen) atoms. The molecule has 0 fully saturated rings. The molecule has 0 aliphatic heterocycles. The first-order valence-electron chi connectivity index (χ1n) is 3.34. The second kappa shape index (κ2) is 9.94. The molecular weight excluding hydrogens is 159 g/mol. The predicted octanol–water partition coefficient (Wildman–Crippen LogP) is -0.0745. The summed E-state index contributed by atoms with van der Waals surface area (Å²) < 4.78 is 10.5. The van der Waals surface area contributed by atoms with E-state index in [0.717, 1.165) is 0 Å². The molecule has 0 heterocycles. The average Bonchev–Trinajstić information content (AvgIpc) is 2.07. The zero-order valence-corrected chi connectivity index (χ0v) is 9.34. The first kappa shape index (κ1) is 13.5. The van der Waals surface area contributed by atoms with Gasteiger partial charge in [-0.3, -0.25) is 9.59 Å². The number of methoxy groups -OCH3 is 2. The van der Waals surface area contributed by atoms with E-state index in [1.807, 2.05) is 0 Å². The Balaban J connectivity index is 0. The van der Waals surface area contributed by atoms with Crippen LogP contribution in [0, 0.1) is 0 Å². The van der Waals surface area contributed by atoms with Crippen molar-refractivity contribution in [2.45, 2.75) is 10.6 Å². The minimum absolute atomic E-state index is 0.312. The summed E-state index contributed by atoms with van der Waals surface area (Å²) in [5, 5.41) is 0. The molecule has 0 amide bonds. The van der Waals surface area contributed by atoms with E-state index in [2.05, 4.69) is 13.6 Å².